The lowest BCUT2D eigenvalue weighted by Crippen LogP contribution is -2.61. The first-order chi connectivity index (χ1) is 24.4. The fourth-order valence-corrected chi connectivity index (χ4v) is 7.45. The molecule has 2 heterocycles. The number of Topliss-reactive ketones (excluding diaryl/α,β-unsaturated/α-hetero) is 2. The van der Waals surface area contributed by atoms with Crippen molar-refractivity contribution in [3.8, 4) is 0 Å². The summed E-state index contributed by atoms with van der Waals surface area (Å²) in [7, 11) is 3.58. The molecule has 1 saturated heterocycles. The number of cyclic esters (lactones) is 1. The SMILES string of the molecule is CCC(=O)CO[C@@H]1[C@@H](C)C(NC(=O)CC)=C(C)C[C@@](C)(O)[C@H](O[C@@H]2O[C@H](C)C[C@H](N(C)C)[C@H]2OC(C)=O)[C@@H](C)C(=O)[C@](C)(F)C(=O)O[C@H](CC)[C@@]1(C)O. The number of hydrogen-bond donors (Lipinski definition) is 3. The van der Waals surface area contributed by atoms with Crippen LogP contribution in [0.15, 0.2) is 11.3 Å². The van der Waals surface area contributed by atoms with Crippen molar-refractivity contribution in [2.24, 2.45) is 11.8 Å². The van der Waals surface area contributed by atoms with E-state index in [2.05, 4.69) is 5.32 Å². The minimum absolute atomic E-state index is 0.0472. The Balaban J connectivity index is 2.93. The molecule has 0 radical (unpaired) electrons. The number of rotatable bonds is 11. The number of likely N-dealkylation sites (N-methyl/N-ethyl adjacent to an activating group) is 1. The Morgan fingerprint density at radius 3 is 2.11 bits per heavy atom. The van der Waals surface area contributed by atoms with Gasteiger partial charge in [0.1, 0.15) is 18.3 Å². The Labute approximate surface area is 313 Å². The van der Waals surface area contributed by atoms with Crippen LogP contribution >= 0.6 is 0 Å². The molecule has 14 nitrogen and oxygen atoms in total. The van der Waals surface area contributed by atoms with Crippen molar-refractivity contribution < 1.29 is 62.3 Å². The van der Waals surface area contributed by atoms with Gasteiger partial charge in [0.15, 0.2) is 24.0 Å². The maximum Gasteiger partial charge on any atom is 0.351 e. The third-order valence-corrected chi connectivity index (χ3v) is 10.4. The van der Waals surface area contributed by atoms with E-state index in [1.165, 1.54) is 27.7 Å². The van der Waals surface area contributed by atoms with E-state index in [0.717, 1.165) is 6.92 Å². The van der Waals surface area contributed by atoms with Crippen LogP contribution in [0.3, 0.4) is 0 Å². The van der Waals surface area contributed by atoms with Crippen LogP contribution in [0, 0.1) is 11.8 Å². The molecule has 12 atom stereocenters. The Morgan fingerprint density at radius 1 is 1.00 bits per heavy atom. The molecule has 2 aliphatic heterocycles. The zero-order valence-corrected chi connectivity index (χ0v) is 33.7. The second-order valence-electron chi connectivity index (χ2n) is 15.4. The van der Waals surface area contributed by atoms with Crippen molar-refractivity contribution in [3.63, 3.8) is 0 Å². The molecule has 0 unspecified atom stereocenters. The molecule has 1 amide bonds. The summed E-state index contributed by atoms with van der Waals surface area (Å²) in [6, 6.07) is -0.405. The number of amides is 1. The van der Waals surface area contributed by atoms with Crippen LogP contribution in [0.25, 0.3) is 0 Å². The van der Waals surface area contributed by atoms with Crippen molar-refractivity contribution in [2.75, 3.05) is 20.7 Å². The van der Waals surface area contributed by atoms with Crippen LogP contribution in [-0.4, -0.2) is 125 Å². The van der Waals surface area contributed by atoms with E-state index in [0.29, 0.717) is 12.0 Å². The quantitative estimate of drug-likeness (QED) is 0.206. The van der Waals surface area contributed by atoms with Crippen LogP contribution < -0.4 is 5.32 Å². The Hall–Kier alpha value is -2.82. The number of aliphatic hydroxyl groups is 2. The molecular formula is C38H63FN2O12. The molecule has 0 saturated carbocycles. The van der Waals surface area contributed by atoms with E-state index in [1.807, 2.05) is 4.90 Å². The van der Waals surface area contributed by atoms with Gasteiger partial charge in [-0.05, 0) is 61.6 Å². The summed E-state index contributed by atoms with van der Waals surface area (Å²) in [6.45, 7) is 15.5. The normalized spacial score (nSPS) is 37.9. The molecule has 0 bridgehead atoms. The van der Waals surface area contributed by atoms with Crippen molar-refractivity contribution in [2.45, 2.75) is 168 Å². The molecule has 2 rings (SSSR count). The minimum atomic E-state index is -3.29. The predicted octanol–water partition coefficient (Wildman–Crippen LogP) is 3.33. The molecule has 1 fully saturated rings. The highest BCUT2D eigenvalue weighted by molar-refractivity contribution is 6.07. The fourth-order valence-electron chi connectivity index (χ4n) is 7.45. The molecule has 0 aromatic heterocycles. The average Bonchev–Trinajstić information content (AvgIpc) is 3.06. The smallest absolute Gasteiger partial charge is 0.351 e. The van der Waals surface area contributed by atoms with Gasteiger partial charge in [-0.1, -0.05) is 40.2 Å². The van der Waals surface area contributed by atoms with E-state index in [-0.39, 0.29) is 37.2 Å². The van der Waals surface area contributed by atoms with Crippen molar-refractivity contribution in [3.05, 3.63) is 11.3 Å². The van der Waals surface area contributed by atoms with E-state index in [1.54, 1.807) is 55.6 Å². The molecule has 2 aliphatic rings. The van der Waals surface area contributed by atoms with E-state index in [4.69, 9.17) is 23.7 Å². The summed E-state index contributed by atoms with van der Waals surface area (Å²) < 4.78 is 46.5. The summed E-state index contributed by atoms with van der Waals surface area (Å²) in [6.07, 6.45) is -6.85. The molecule has 304 valence electrons. The van der Waals surface area contributed by atoms with Gasteiger partial charge in [-0.3, -0.25) is 19.2 Å². The van der Waals surface area contributed by atoms with Crippen LogP contribution in [0.4, 0.5) is 4.39 Å². The van der Waals surface area contributed by atoms with Gasteiger partial charge in [0.25, 0.3) is 5.67 Å². The van der Waals surface area contributed by atoms with Crippen LogP contribution in [0.2, 0.25) is 0 Å². The highest BCUT2D eigenvalue weighted by Crippen LogP contribution is 2.39. The van der Waals surface area contributed by atoms with Crippen LogP contribution in [0.5, 0.6) is 0 Å². The lowest BCUT2D eigenvalue weighted by atomic mass is 9.76. The van der Waals surface area contributed by atoms with E-state index < -0.39 is 102 Å². The topological polar surface area (TPSA) is 187 Å². The second kappa shape index (κ2) is 18.7. The van der Waals surface area contributed by atoms with Gasteiger partial charge >= 0.3 is 11.9 Å². The molecule has 0 aromatic carbocycles. The predicted molar refractivity (Wildman–Crippen MR) is 192 cm³/mol. The second-order valence-corrected chi connectivity index (χ2v) is 15.4. The lowest BCUT2D eigenvalue weighted by Gasteiger charge is -2.47. The molecule has 3 N–H and O–H groups in total. The molecule has 0 aromatic rings. The van der Waals surface area contributed by atoms with Crippen LogP contribution in [-0.2, 0) is 47.7 Å². The first-order valence-corrected chi connectivity index (χ1v) is 18.5. The Morgan fingerprint density at radius 2 is 1.60 bits per heavy atom. The zero-order valence-electron chi connectivity index (χ0n) is 33.7. The van der Waals surface area contributed by atoms with Gasteiger partial charge in [0.05, 0.1) is 30.0 Å². The number of ether oxygens (including phenoxy) is 5. The van der Waals surface area contributed by atoms with Crippen LogP contribution in [0.1, 0.15) is 108 Å². The maximum absolute atomic E-state index is 16.6. The highest BCUT2D eigenvalue weighted by Gasteiger charge is 2.55. The van der Waals surface area contributed by atoms with E-state index in [9.17, 15) is 34.2 Å². The van der Waals surface area contributed by atoms with Gasteiger partial charge in [-0.25, -0.2) is 9.18 Å². The number of alkyl halides is 1. The van der Waals surface area contributed by atoms with Crippen molar-refractivity contribution >= 4 is 29.4 Å². The van der Waals surface area contributed by atoms with Crippen molar-refractivity contribution in [1.29, 1.82) is 0 Å². The maximum atomic E-state index is 16.6. The van der Waals surface area contributed by atoms with Gasteiger partial charge < -0.3 is 44.1 Å². The largest absolute Gasteiger partial charge is 0.457 e. The number of ketones is 2. The number of esters is 2. The zero-order chi connectivity index (χ0) is 40.8. The third-order valence-electron chi connectivity index (χ3n) is 10.4. The van der Waals surface area contributed by atoms with E-state index >= 15 is 4.39 Å². The number of hydrogen-bond acceptors (Lipinski definition) is 13. The summed E-state index contributed by atoms with van der Waals surface area (Å²) in [4.78, 5) is 67.3. The van der Waals surface area contributed by atoms with Gasteiger partial charge in [0.2, 0.25) is 5.91 Å². The van der Waals surface area contributed by atoms with Gasteiger partial charge in [0, 0.05) is 43.7 Å². The Bertz CT molecular complexity index is 1360. The standard InChI is InChI=1S/C38H63FN2O12/c1-14-25(43)19-49-33-22(6)29(40-28(44)16-3)20(4)18-36(9,47)32(53-34-30(51-24(8)42)26(41(12)13)17-21(5)50-34)23(7)31(45)37(10,39)35(46)52-27(15-2)38(33,11)48/h21-23,26-27,30,32-34,47-48H,14-19H2,1-13H3,(H,40,44)/t21-,22+,23+,26+,27-,30-,32-,33-,34+,36-,37+,38-/m1/s1. The number of nitrogens with one attached hydrogen (secondary N) is 1. The summed E-state index contributed by atoms with van der Waals surface area (Å²) >= 11 is 0. The molecular weight excluding hydrogens is 695 g/mol. The van der Waals surface area contributed by atoms with Gasteiger partial charge in [-0.15, -0.1) is 0 Å². The first kappa shape index (κ1) is 46.3. The molecule has 0 spiro atoms. The summed E-state index contributed by atoms with van der Waals surface area (Å²) in [5, 5.41) is 27.3. The Kier molecular flexibility index (Phi) is 16.3. The minimum Gasteiger partial charge on any atom is -0.457 e. The molecule has 15 heteroatoms. The monoisotopic (exact) mass is 758 g/mol. The third kappa shape index (κ3) is 11.1. The average molecular weight is 759 g/mol. The molecule has 0 aliphatic carbocycles. The number of nitrogens with zero attached hydrogens (tertiary/aromatic N) is 1. The summed E-state index contributed by atoms with van der Waals surface area (Å²) in [5.74, 6) is -6.65. The first-order valence-electron chi connectivity index (χ1n) is 18.5. The fraction of sp³-hybridized carbons (Fsp3) is 0.816. The number of carbonyl (C=O) groups is 5. The lowest BCUT2D eigenvalue weighted by molar-refractivity contribution is -0.295. The van der Waals surface area contributed by atoms with Crippen molar-refractivity contribution in [1.82, 2.24) is 10.2 Å². The number of carbonyl (C=O) groups excluding carboxylic acids is 5. The van der Waals surface area contributed by atoms with Gasteiger partial charge in [-0.2, -0.15) is 0 Å². The highest BCUT2D eigenvalue weighted by atomic mass is 19.1. The summed E-state index contributed by atoms with van der Waals surface area (Å²) in [5.41, 5.74) is -6.81. The molecule has 53 heavy (non-hydrogen) atoms. The number of halogens is 1.